The third-order valence-corrected chi connectivity index (χ3v) is 7.31. The molecule has 204 valence electrons. The van der Waals surface area contributed by atoms with E-state index in [9.17, 15) is 14.7 Å². The van der Waals surface area contributed by atoms with E-state index in [1.807, 2.05) is 62.4 Å². The molecule has 1 aliphatic heterocycles. The van der Waals surface area contributed by atoms with Crippen LogP contribution in [0.2, 0.25) is 0 Å². The van der Waals surface area contributed by atoms with Crippen LogP contribution >= 0.6 is 0 Å². The minimum absolute atomic E-state index is 0.0671. The molecule has 0 spiro atoms. The summed E-state index contributed by atoms with van der Waals surface area (Å²) in [7, 11) is 0. The molecule has 0 saturated carbocycles. The zero-order chi connectivity index (χ0) is 28.3. The van der Waals surface area contributed by atoms with Crippen molar-refractivity contribution >= 4 is 28.8 Å². The van der Waals surface area contributed by atoms with Crippen LogP contribution in [-0.4, -0.2) is 36.5 Å². The molecule has 1 amide bonds. The van der Waals surface area contributed by atoms with Crippen LogP contribution < -0.4 is 14.5 Å². The van der Waals surface area contributed by atoms with Gasteiger partial charge >= 0.3 is 0 Å². The van der Waals surface area contributed by atoms with Gasteiger partial charge in [-0.25, -0.2) is 0 Å². The quantitative estimate of drug-likeness (QED) is 0.188. The lowest BCUT2D eigenvalue weighted by atomic mass is 9.94. The zero-order valence-corrected chi connectivity index (χ0v) is 23.7. The molecule has 0 bridgehead atoms. The van der Waals surface area contributed by atoms with E-state index >= 15 is 0 Å². The first-order chi connectivity index (χ1) is 18.7. The van der Waals surface area contributed by atoms with E-state index in [1.54, 1.807) is 18.2 Å². The van der Waals surface area contributed by atoms with Gasteiger partial charge in [-0.1, -0.05) is 50.2 Å². The molecule has 3 aromatic carbocycles. The lowest BCUT2D eigenvalue weighted by Gasteiger charge is -2.28. The summed E-state index contributed by atoms with van der Waals surface area (Å²) in [6, 6.07) is 19.9. The number of aliphatic hydroxyl groups excluding tert-OH is 1. The lowest BCUT2D eigenvalue weighted by Crippen LogP contribution is -2.30. The fraction of sp³-hybridized carbons (Fsp3) is 0.333. The molecule has 1 atom stereocenters. The monoisotopic (exact) mass is 526 g/mol. The van der Waals surface area contributed by atoms with Crippen LogP contribution in [0.1, 0.15) is 56.0 Å². The molecule has 1 saturated heterocycles. The van der Waals surface area contributed by atoms with Crippen LogP contribution in [0.15, 0.2) is 72.3 Å². The number of benzene rings is 3. The number of rotatable bonds is 9. The molecule has 6 heteroatoms. The predicted octanol–water partition coefficient (Wildman–Crippen LogP) is 6.81. The summed E-state index contributed by atoms with van der Waals surface area (Å²) in [5.74, 6) is -0.648. The summed E-state index contributed by atoms with van der Waals surface area (Å²) in [6.07, 6.45) is 0. The van der Waals surface area contributed by atoms with Crippen molar-refractivity contribution < 1.29 is 19.4 Å². The minimum Gasteiger partial charge on any atom is -0.507 e. The first-order valence-corrected chi connectivity index (χ1v) is 13.6. The first kappa shape index (κ1) is 28.0. The first-order valence-electron chi connectivity index (χ1n) is 13.6. The number of carbonyl (C=O) groups is 2. The summed E-state index contributed by atoms with van der Waals surface area (Å²) < 4.78 is 5.86. The number of ether oxygens (including phenoxy) is 1. The fourth-order valence-corrected chi connectivity index (χ4v) is 5.00. The van der Waals surface area contributed by atoms with E-state index in [2.05, 4.69) is 32.6 Å². The Balaban J connectivity index is 1.88. The van der Waals surface area contributed by atoms with E-state index < -0.39 is 17.7 Å². The van der Waals surface area contributed by atoms with Crippen LogP contribution in [0.4, 0.5) is 11.4 Å². The molecule has 4 rings (SSSR count). The SMILES string of the molecule is CCN(CC)c1ccc(C2/C(=C(\O)c3cccc(OCC(C)C)c3)C(=O)C(=O)N2c2cccc(C)c2C)cc1. The van der Waals surface area contributed by atoms with Gasteiger partial charge in [-0.15, -0.1) is 0 Å². The van der Waals surface area contributed by atoms with Crippen LogP contribution in [0, 0.1) is 19.8 Å². The maximum Gasteiger partial charge on any atom is 0.300 e. The Morgan fingerprint density at radius 1 is 0.974 bits per heavy atom. The average molecular weight is 527 g/mol. The minimum atomic E-state index is -0.781. The second kappa shape index (κ2) is 11.8. The van der Waals surface area contributed by atoms with Crippen molar-refractivity contribution in [3.63, 3.8) is 0 Å². The molecule has 0 aromatic heterocycles. The number of Topliss-reactive ketones (excluding diaryl/α,β-unsaturated/α-hetero) is 1. The molecule has 1 heterocycles. The lowest BCUT2D eigenvalue weighted by molar-refractivity contribution is -0.132. The van der Waals surface area contributed by atoms with Crippen LogP contribution in [0.3, 0.4) is 0 Å². The largest absolute Gasteiger partial charge is 0.507 e. The normalized spacial score (nSPS) is 16.7. The van der Waals surface area contributed by atoms with Gasteiger partial charge in [-0.3, -0.25) is 14.5 Å². The van der Waals surface area contributed by atoms with E-state index in [0.29, 0.717) is 29.5 Å². The Kier molecular flexibility index (Phi) is 8.44. The van der Waals surface area contributed by atoms with Gasteiger partial charge in [0.2, 0.25) is 0 Å². The maximum atomic E-state index is 13.6. The molecule has 1 fully saturated rings. The average Bonchev–Trinajstić information content (AvgIpc) is 3.19. The molecule has 1 N–H and O–H groups in total. The standard InChI is InChI=1S/C33H38N2O4/c1-7-34(8-2)26-17-15-24(16-18-26)30-29(31(36)25-12-10-13-27(19-25)39-20-21(3)4)32(37)33(38)35(30)28-14-9-11-22(5)23(28)6/h9-19,21,30,36H,7-8,20H2,1-6H3/b31-29+. The molecular weight excluding hydrogens is 488 g/mol. The van der Waals surface area contributed by atoms with Gasteiger partial charge in [-0.05, 0) is 80.6 Å². The summed E-state index contributed by atoms with van der Waals surface area (Å²) in [4.78, 5) is 31.0. The molecular formula is C33H38N2O4. The molecule has 1 aliphatic rings. The Hall–Kier alpha value is -4.06. The van der Waals surface area contributed by atoms with Crippen molar-refractivity contribution in [2.75, 3.05) is 29.5 Å². The highest BCUT2D eigenvalue weighted by Gasteiger charge is 2.47. The summed E-state index contributed by atoms with van der Waals surface area (Å²) >= 11 is 0. The fourth-order valence-electron chi connectivity index (χ4n) is 5.00. The summed E-state index contributed by atoms with van der Waals surface area (Å²) in [5.41, 5.74) is 4.89. The number of hydrogen-bond donors (Lipinski definition) is 1. The Bertz CT molecular complexity index is 1390. The number of amides is 1. The Morgan fingerprint density at radius 2 is 1.64 bits per heavy atom. The number of ketones is 1. The molecule has 3 aromatic rings. The van der Waals surface area contributed by atoms with Crippen molar-refractivity contribution in [1.29, 1.82) is 0 Å². The molecule has 1 unspecified atom stereocenters. The summed E-state index contributed by atoms with van der Waals surface area (Å²) in [6.45, 7) is 14.5. The van der Waals surface area contributed by atoms with Crippen LogP contribution in [0.25, 0.3) is 5.76 Å². The van der Waals surface area contributed by atoms with Gasteiger partial charge in [0.05, 0.1) is 18.2 Å². The smallest absolute Gasteiger partial charge is 0.300 e. The van der Waals surface area contributed by atoms with Gasteiger partial charge in [0.25, 0.3) is 11.7 Å². The topological polar surface area (TPSA) is 70.1 Å². The van der Waals surface area contributed by atoms with Crippen molar-refractivity contribution in [2.24, 2.45) is 5.92 Å². The number of carbonyl (C=O) groups excluding carboxylic acids is 2. The molecule has 0 aliphatic carbocycles. The van der Waals surface area contributed by atoms with Gasteiger partial charge in [0.1, 0.15) is 11.5 Å². The highest BCUT2D eigenvalue weighted by Crippen LogP contribution is 2.44. The van der Waals surface area contributed by atoms with Gasteiger partial charge < -0.3 is 14.7 Å². The van der Waals surface area contributed by atoms with Crippen molar-refractivity contribution in [2.45, 2.75) is 47.6 Å². The zero-order valence-electron chi connectivity index (χ0n) is 23.7. The predicted molar refractivity (Wildman–Crippen MR) is 157 cm³/mol. The second-order valence-electron chi connectivity index (χ2n) is 10.4. The molecule has 6 nitrogen and oxygen atoms in total. The second-order valence-corrected chi connectivity index (χ2v) is 10.4. The number of anilines is 2. The molecule has 0 radical (unpaired) electrons. The number of aliphatic hydroxyl groups is 1. The van der Waals surface area contributed by atoms with Crippen molar-refractivity contribution in [3.05, 3.63) is 94.6 Å². The van der Waals surface area contributed by atoms with E-state index in [1.165, 1.54) is 4.90 Å². The number of nitrogens with zero attached hydrogens (tertiary/aromatic N) is 2. The van der Waals surface area contributed by atoms with Crippen molar-refractivity contribution in [1.82, 2.24) is 0 Å². The highest BCUT2D eigenvalue weighted by atomic mass is 16.5. The Labute approximate surface area is 231 Å². The van der Waals surface area contributed by atoms with E-state index in [0.717, 1.165) is 35.5 Å². The maximum absolute atomic E-state index is 13.6. The third-order valence-electron chi connectivity index (χ3n) is 7.31. The number of hydrogen-bond acceptors (Lipinski definition) is 5. The van der Waals surface area contributed by atoms with E-state index in [-0.39, 0.29) is 11.3 Å². The molecule has 39 heavy (non-hydrogen) atoms. The van der Waals surface area contributed by atoms with Gasteiger partial charge in [0, 0.05) is 30.0 Å². The van der Waals surface area contributed by atoms with Crippen molar-refractivity contribution in [3.8, 4) is 5.75 Å². The third kappa shape index (κ3) is 5.56. The number of aryl methyl sites for hydroxylation is 1. The van der Waals surface area contributed by atoms with Crippen LogP contribution in [-0.2, 0) is 9.59 Å². The van der Waals surface area contributed by atoms with Gasteiger partial charge in [0.15, 0.2) is 0 Å². The van der Waals surface area contributed by atoms with Gasteiger partial charge in [-0.2, -0.15) is 0 Å². The van der Waals surface area contributed by atoms with Crippen LogP contribution in [0.5, 0.6) is 5.75 Å². The highest BCUT2D eigenvalue weighted by molar-refractivity contribution is 6.51. The van der Waals surface area contributed by atoms with E-state index in [4.69, 9.17) is 4.74 Å². The summed E-state index contributed by atoms with van der Waals surface area (Å²) in [5, 5.41) is 11.6. The Morgan fingerprint density at radius 3 is 2.28 bits per heavy atom.